The lowest BCUT2D eigenvalue weighted by atomic mass is 10.0. The summed E-state index contributed by atoms with van der Waals surface area (Å²) in [4.78, 5) is 45.4. The number of hydrogen-bond acceptors (Lipinski definition) is 3. The van der Waals surface area contributed by atoms with Crippen molar-refractivity contribution in [2.45, 2.75) is 32.2 Å². The van der Waals surface area contributed by atoms with Crippen LogP contribution in [0.4, 0.5) is 4.39 Å². The third kappa shape index (κ3) is 4.15. The minimum Gasteiger partial charge on any atom is -0.360 e. The molecule has 1 atom stereocenters. The molecule has 1 aliphatic rings. The molecular formula is C25H26FN3O3. The number of carbonyl (C=O) groups is 3. The molecule has 7 heteroatoms. The highest BCUT2D eigenvalue weighted by Crippen LogP contribution is 2.24. The second kappa shape index (κ2) is 9.34. The second-order valence-electron chi connectivity index (χ2n) is 8.11. The van der Waals surface area contributed by atoms with Crippen LogP contribution in [0.15, 0.2) is 54.7 Å². The van der Waals surface area contributed by atoms with E-state index in [4.69, 9.17) is 0 Å². The number of rotatable bonds is 6. The third-order valence-corrected chi connectivity index (χ3v) is 6.04. The Labute approximate surface area is 186 Å². The Bertz CT molecular complexity index is 1140. The van der Waals surface area contributed by atoms with E-state index < -0.39 is 17.5 Å². The minimum absolute atomic E-state index is 0.0418. The molecule has 2 heterocycles. The van der Waals surface area contributed by atoms with E-state index in [1.165, 1.54) is 12.3 Å². The van der Waals surface area contributed by atoms with E-state index in [-0.39, 0.29) is 29.4 Å². The summed E-state index contributed by atoms with van der Waals surface area (Å²) in [7, 11) is 0. The fourth-order valence-electron chi connectivity index (χ4n) is 4.32. The van der Waals surface area contributed by atoms with Gasteiger partial charge in [-0.1, -0.05) is 44.0 Å². The molecule has 3 aromatic rings. The molecule has 1 saturated heterocycles. The number of aromatic amines is 1. The molecule has 0 saturated carbocycles. The number of fused-ring (bicyclic) bond motifs is 1. The number of Topliss-reactive ketones (excluding diaryl/α,β-unsaturated/α-hetero) is 1. The molecule has 1 aromatic heterocycles. The third-order valence-electron chi connectivity index (χ3n) is 6.04. The van der Waals surface area contributed by atoms with Crippen molar-refractivity contribution in [3.63, 3.8) is 0 Å². The zero-order valence-electron chi connectivity index (χ0n) is 18.0. The molecule has 1 aliphatic heterocycles. The maximum absolute atomic E-state index is 14.3. The fraction of sp³-hybridized carbons (Fsp3) is 0.320. The van der Waals surface area contributed by atoms with E-state index in [0.717, 1.165) is 12.8 Å². The van der Waals surface area contributed by atoms with E-state index in [0.29, 0.717) is 30.6 Å². The number of halogens is 1. The van der Waals surface area contributed by atoms with E-state index >= 15 is 0 Å². The molecule has 2 amide bonds. The Morgan fingerprint density at radius 3 is 2.59 bits per heavy atom. The van der Waals surface area contributed by atoms with Crippen molar-refractivity contribution in [2.75, 3.05) is 19.6 Å². The van der Waals surface area contributed by atoms with Gasteiger partial charge < -0.3 is 14.8 Å². The lowest BCUT2D eigenvalue weighted by Gasteiger charge is -2.41. The normalized spacial score (nSPS) is 16.4. The molecule has 1 fully saturated rings. The van der Waals surface area contributed by atoms with Crippen LogP contribution in [0.1, 0.15) is 46.9 Å². The Morgan fingerprint density at radius 2 is 1.84 bits per heavy atom. The lowest BCUT2D eigenvalue weighted by molar-refractivity contribution is -0.131. The number of piperazine rings is 1. The van der Waals surface area contributed by atoms with Gasteiger partial charge in [0.25, 0.3) is 17.6 Å². The number of aromatic nitrogens is 1. The summed E-state index contributed by atoms with van der Waals surface area (Å²) >= 11 is 0. The molecule has 0 aliphatic carbocycles. The van der Waals surface area contributed by atoms with Gasteiger partial charge in [-0.2, -0.15) is 0 Å². The van der Waals surface area contributed by atoms with Crippen molar-refractivity contribution < 1.29 is 18.8 Å². The maximum Gasteiger partial charge on any atom is 0.295 e. The molecule has 1 N–H and O–H groups in total. The van der Waals surface area contributed by atoms with Crippen LogP contribution in [0.5, 0.6) is 0 Å². The maximum atomic E-state index is 14.3. The fourth-order valence-corrected chi connectivity index (χ4v) is 4.32. The van der Waals surface area contributed by atoms with Crippen LogP contribution in [-0.4, -0.2) is 58.1 Å². The molecular weight excluding hydrogens is 409 g/mol. The van der Waals surface area contributed by atoms with Crippen LogP contribution in [0, 0.1) is 5.82 Å². The van der Waals surface area contributed by atoms with Gasteiger partial charge in [-0.25, -0.2) is 4.39 Å². The number of nitrogens with one attached hydrogen (secondary N) is 1. The van der Waals surface area contributed by atoms with Gasteiger partial charge in [-0.05, 0) is 30.7 Å². The van der Waals surface area contributed by atoms with E-state index in [2.05, 4.69) is 11.9 Å². The summed E-state index contributed by atoms with van der Waals surface area (Å²) in [6.45, 7) is 3.04. The highest BCUT2D eigenvalue weighted by molar-refractivity contribution is 6.45. The van der Waals surface area contributed by atoms with Gasteiger partial charge in [-0.3, -0.25) is 14.4 Å². The molecule has 0 spiro atoms. The number of nitrogens with zero attached hydrogens (tertiary/aromatic N) is 2. The Hall–Kier alpha value is -3.48. The second-order valence-corrected chi connectivity index (χ2v) is 8.11. The summed E-state index contributed by atoms with van der Waals surface area (Å²) < 4.78 is 14.3. The molecule has 0 bridgehead atoms. The minimum atomic E-state index is -0.731. The summed E-state index contributed by atoms with van der Waals surface area (Å²) in [5.74, 6) is -2.00. The van der Waals surface area contributed by atoms with Crippen molar-refractivity contribution >= 4 is 28.5 Å². The first kappa shape index (κ1) is 21.7. The zero-order chi connectivity index (χ0) is 22.7. The van der Waals surface area contributed by atoms with Gasteiger partial charge >= 0.3 is 0 Å². The summed E-state index contributed by atoms with van der Waals surface area (Å²) in [6, 6.07) is 13.3. The first-order chi connectivity index (χ1) is 15.5. The summed E-state index contributed by atoms with van der Waals surface area (Å²) in [5, 5.41) is 0.133. The topological polar surface area (TPSA) is 73.5 Å². The summed E-state index contributed by atoms with van der Waals surface area (Å²) in [6.07, 6.45) is 3.89. The van der Waals surface area contributed by atoms with E-state index in [9.17, 15) is 18.8 Å². The number of unbranched alkanes of at least 4 members (excludes halogenated alkanes) is 1. The van der Waals surface area contributed by atoms with Gasteiger partial charge in [0.2, 0.25) is 0 Å². The van der Waals surface area contributed by atoms with Crippen molar-refractivity contribution in [2.24, 2.45) is 0 Å². The van der Waals surface area contributed by atoms with Gasteiger partial charge in [0, 0.05) is 48.3 Å². The van der Waals surface area contributed by atoms with Gasteiger partial charge in [0.05, 0.1) is 5.56 Å². The average molecular weight is 435 g/mol. The average Bonchev–Trinajstić information content (AvgIpc) is 3.27. The van der Waals surface area contributed by atoms with Crippen LogP contribution in [0.25, 0.3) is 10.9 Å². The molecule has 4 rings (SSSR count). The highest BCUT2D eigenvalue weighted by Gasteiger charge is 2.36. The number of benzene rings is 2. The first-order valence-electron chi connectivity index (χ1n) is 11.0. The first-order valence-corrected chi connectivity index (χ1v) is 11.0. The van der Waals surface area contributed by atoms with Crippen LogP contribution >= 0.6 is 0 Å². The predicted octanol–water partition coefficient (Wildman–Crippen LogP) is 4.03. The Kier molecular flexibility index (Phi) is 6.35. The van der Waals surface area contributed by atoms with Crippen LogP contribution in [0.3, 0.4) is 0 Å². The molecule has 32 heavy (non-hydrogen) atoms. The highest BCUT2D eigenvalue weighted by atomic mass is 19.1. The smallest absolute Gasteiger partial charge is 0.295 e. The van der Waals surface area contributed by atoms with Gasteiger partial charge in [0.15, 0.2) is 0 Å². The van der Waals surface area contributed by atoms with Gasteiger partial charge in [0.1, 0.15) is 5.82 Å². The Balaban J connectivity index is 1.55. The molecule has 0 unspecified atom stereocenters. The number of carbonyl (C=O) groups excluding carboxylic acids is 3. The molecule has 6 nitrogen and oxygen atoms in total. The largest absolute Gasteiger partial charge is 0.360 e. The van der Waals surface area contributed by atoms with E-state index in [1.807, 2.05) is 18.2 Å². The van der Waals surface area contributed by atoms with Crippen molar-refractivity contribution in [3.05, 3.63) is 71.7 Å². The van der Waals surface area contributed by atoms with Crippen LogP contribution in [0.2, 0.25) is 0 Å². The SMILES string of the molecule is CCCC[C@H]1CN(C(=O)c2ccccc2)CCN1C(=O)C(=O)c1c[nH]c2cccc(F)c12. The van der Waals surface area contributed by atoms with Crippen LogP contribution < -0.4 is 0 Å². The summed E-state index contributed by atoms with van der Waals surface area (Å²) in [5.41, 5.74) is 1.12. The zero-order valence-corrected chi connectivity index (χ0v) is 18.0. The molecule has 2 aromatic carbocycles. The lowest BCUT2D eigenvalue weighted by Crippen LogP contribution is -2.57. The quantitative estimate of drug-likeness (QED) is 0.469. The predicted molar refractivity (Wildman–Crippen MR) is 120 cm³/mol. The standard InChI is InChI=1S/C25H26FN3O3/c1-2-3-10-18-16-28(24(31)17-8-5-4-6-9-17)13-14-29(18)25(32)23(30)19-15-27-21-12-7-11-20(26)22(19)21/h4-9,11-12,15,18,27H,2-3,10,13-14,16H2,1H3/t18-/m0/s1. The van der Waals surface area contributed by atoms with Crippen molar-refractivity contribution in [1.82, 2.24) is 14.8 Å². The van der Waals surface area contributed by atoms with Gasteiger partial charge in [-0.15, -0.1) is 0 Å². The van der Waals surface area contributed by atoms with E-state index in [1.54, 1.807) is 34.1 Å². The number of H-pyrrole nitrogens is 1. The Morgan fingerprint density at radius 1 is 1.06 bits per heavy atom. The van der Waals surface area contributed by atoms with Crippen molar-refractivity contribution in [3.8, 4) is 0 Å². The molecule has 166 valence electrons. The number of amides is 2. The van der Waals surface area contributed by atoms with Crippen LogP contribution in [-0.2, 0) is 4.79 Å². The monoisotopic (exact) mass is 435 g/mol. The van der Waals surface area contributed by atoms with Crippen molar-refractivity contribution in [1.29, 1.82) is 0 Å². The molecule has 0 radical (unpaired) electrons. The number of hydrogen-bond donors (Lipinski definition) is 1. The number of ketones is 1.